The molecule has 0 spiro atoms. The lowest BCUT2D eigenvalue weighted by atomic mass is 10.2. The number of unbranched alkanes of at least 4 members (excludes halogenated alkanes) is 1. The second-order valence-electron chi connectivity index (χ2n) is 3.51. The maximum Gasteiger partial charge on any atom is 0.303 e. The molecule has 5 nitrogen and oxygen atoms in total. The van der Waals surface area contributed by atoms with Gasteiger partial charge in [0.1, 0.15) is 5.82 Å². The number of aromatic nitrogens is 1. The summed E-state index contributed by atoms with van der Waals surface area (Å²) < 4.78 is 0.844. The number of rotatable bonds is 6. The molecule has 1 rings (SSSR count). The lowest BCUT2D eigenvalue weighted by Gasteiger charge is -2.03. The molecule has 1 aromatic rings. The number of amides is 1. The Morgan fingerprint density at radius 1 is 1.29 bits per heavy atom. The first kappa shape index (κ1) is 13.6. The van der Waals surface area contributed by atoms with Crippen LogP contribution in [0.3, 0.4) is 0 Å². The molecule has 0 bridgehead atoms. The predicted molar refractivity (Wildman–Crippen MR) is 66.7 cm³/mol. The molecular weight excluding hydrogens is 288 g/mol. The number of carboxylic acid groups (broad SMARTS) is 1. The van der Waals surface area contributed by atoms with Crippen LogP contribution in [0.15, 0.2) is 22.8 Å². The first-order valence-electron chi connectivity index (χ1n) is 5.21. The van der Waals surface area contributed by atoms with Crippen LogP contribution in [0.4, 0.5) is 5.82 Å². The summed E-state index contributed by atoms with van der Waals surface area (Å²) in [6.07, 6.45) is 3.08. The SMILES string of the molecule is O=C(O)CCCCC(=O)Nc1ccc(Br)cn1. The van der Waals surface area contributed by atoms with Gasteiger partial charge in [-0.15, -0.1) is 0 Å². The average molecular weight is 301 g/mol. The summed E-state index contributed by atoms with van der Waals surface area (Å²) in [6, 6.07) is 3.48. The summed E-state index contributed by atoms with van der Waals surface area (Å²) in [5, 5.41) is 11.1. The van der Waals surface area contributed by atoms with Gasteiger partial charge < -0.3 is 10.4 Å². The molecule has 0 aliphatic heterocycles. The van der Waals surface area contributed by atoms with Crippen LogP contribution in [-0.2, 0) is 9.59 Å². The molecule has 0 unspecified atom stereocenters. The van der Waals surface area contributed by atoms with Crippen molar-refractivity contribution in [3.63, 3.8) is 0 Å². The number of hydrogen-bond acceptors (Lipinski definition) is 3. The van der Waals surface area contributed by atoms with E-state index in [2.05, 4.69) is 26.2 Å². The highest BCUT2D eigenvalue weighted by Gasteiger charge is 2.04. The quantitative estimate of drug-likeness (QED) is 0.791. The van der Waals surface area contributed by atoms with Gasteiger partial charge in [0.05, 0.1) is 0 Å². The standard InChI is InChI=1S/C11H13BrN2O3/c12-8-5-6-9(13-7-8)14-10(15)3-1-2-4-11(16)17/h5-7H,1-4H2,(H,16,17)(H,13,14,15). The highest BCUT2D eigenvalue weighted by atomic mass is 79.9. The summed E-state index contributed by atoms with van der Waals surface area (Å²) >= 11 is 3.25. The second-order valence-corrected chi connectivity index (χ2v) is 4.43. The van der Waals surface area contributed by atoms with E-state index in [1.165, 1.54) is 0 Å². The van der Waals surface area contributed by atoms with Crippen LogP contribution in [0.2, 0.25) is 0 Å². The zero-order chi connectivity index (χ0) is 12.7. The van der Waals surface area contributed by atoms with Gasteiger partial charge >= 0.3 is 5.97 Å². The third-order valence-corrected chi connectivity index (χ3v) is 2.51. The molecule has 92 valence electrons. The smallest absolute Gasteiger partial charge is 0.303 e. The van der Waals surface area contributed by atoms with Crippen LogP contribution in [0.5, 0.6) is 0 Å². The van der Waals surface area contributed by atoms with Crippen LogP contribution in [-0.4, -0.2) is 22.0 Å². The highest BCUT2D eigenvalue weighted by molar-refractivity contribution is 9.10. The zero-order valence-electron chi connectivity index (χ0n) is 9.15. The van der Waals surface area contributed by atoms with Gasteiger partial charge in [-0.1, -0.05) is 0 Å². The maximum absolute atomic E-state index is 11.4. The molecule has 0 radical (unpaired) electrons. The lowest BCUT2D eigenvalue weighted by molar-refractivity contribution is -0.137. The molecule has 0 aliphatic carbocycles. The number of carboxylic acids is 1. The van der Waals surface area contributed by atoms with Gasteiger partial charge in [-0.3, -0.25) is 9.59 Å². The monoisotopic (exact) mass is 300 g/mol. The summed E-state index contributed by atoms with van der Waals surface area (Å²) in [7, 11) is 0. The number of nitrogens with zero attached hydrogens (tertiary/aromatic N) is 1. The van der Waals surface area contributed by atoms with E-state index in [4.69, 9.17) is 5.11 Å². The van der Waals surface area contributed by atoms with E-state index in [1.54, 1.807) is 18.3 Å². The van der Waals surface area contributed by atoms with Crippen LogP contribution in [0.25, 0.3) is 0 Å². The van der Waals surface area contributed by atoms with Crippen molar-refractivity contribution in [2.24, 2.45) is 0 Å². The second kappa shape index (κ2) is 7.01. The van der Waals surface area contributed by atoms with Gasteiger partial charge in [-0.05, 0) is 40.9 Å². The maximum atomic E-state index is 11.4. The van der Waals surface area contributed by atoms with Crippen LogP contribution >= 0.6 is 15.9 Å². The number of halogens is 1. The van der Waals surface area contributed by atoms with Crippen LogP contribution < -0.4 is 5.32 Å². The molecule has 2 N–H and O–H groups in total. The minimum atomic E-state index is -0.833. The van der Waals surface area contributed by atoms with Crippen molar-refractivity contribution >= 4 is 33.6 Å². The molecule has 0 saturated heterocycles. The number of carbonyl (C=O) groups excluding carboxylic acids is 1. The summed E-state index contributed by atoms with van der Waals surface area (Å²) in [5.41, 5.74) is 0. The molecule has 1 amide bonds. The number of aliphatic carboxylic acids is 1. The number of anilines is 1. The van der Waals surface area contributed by atoms with Crippen molar-refractivity contribution in [3.05, 3.63) is 22.8 Å². The predicted octanol–water partition coefficient (Wildman–Crippen LogP) is 2.43. The number of hydrogen-bond donors (Lipinski definition) is 2. The lowest BCUT2D eigenvalue weighted by Crippen LogP contribution is -2.12. The van der Waals surface area contributed by atoms with Crippen molar-refractivity contribution in [1.82, 2.24) is 4.98 Å². The van der Waals surface area contributed by atoms with E-state index >= 15 is 0 Å². The Morgan fingerprint density at radius 2 is 2.00 bits per heavy atom. The number of nitrogens with one attached hydrogen (secondary N) is 1. The fourth-order valence-corrected chi connectivity index (χ4v) is 1.45. The van der Waals surface area contributed by atoms with E-state index in [0.717, 1.165) is 4.47 Å². The Kier molecular flexibility index (Phi) is 5.62. The van der Waals surface area contributed by atoms with E-state index in [-0.39, 0.29) is 12.3 Å². The summed E-state index contributed by atoms with van der Waals surface area (Å²) in [5.74, 6) is -0.485. The highest BCUT2D eigenvalue weighted by Crippen LogP contribution is 2.11. The molecule has 0 aliphatic rings. The third-order valence-electron chi connectivity index (χ3n) is 2.04. The molecule has 0 atom stereocenters. The molecular formula is C11H13BrN2O3. The minimum Gasteiger partial charge on any atom is -0.481 e. The number of pyridine rings is 1. The molecule has 1 aromatic heterocycles. The minimum absolute atomic E-state index is 0.101. The van der Waals surface area contributed by atoms with E-state index < -0.39 is 5.97 Å². The van der Waals surface area contributed by atoms with E-state index in [9.17, 15) is 9.59 Å². The Bertz CT molecular complexity index is 392. The van der Waals surface area contributed by atoms with Crippen molar-refractivity contribution in [1.29, 1.82) is 0 Å². The first-order chi connectivity index (χ1) is 8.08. The van der Waals surface area contributed by atoms with Gasteiger partial charge in [0.25, 0.3) is 0 Å². The Labute approximate surface area is 107 Å². The zero-order valence-corrected chi connectivity index (χ0v) is 10.7. The topological polar surface area (TPSA) is 79.3 Å². The third kappa shape index (κ3) is 6.01. The number of carbonyl (C=O) groups is 2. The van der Waals surface area contributed by atoms with Crippen molar-refractivity contribution in [2.75, 3.05) is 5.32 Å². The van der Waals surface area contributed by atoms with Crippen molar-refractivity contribution < 1.29 is 14.7 Å². The van der Waals surface area contributed by atoms with E-state index in [1.807, 2.05) is 0 Å². The van der Waals surface area contributed by atoms with Gasteiger partial charge in [0.15, 0.2) is 0 Å². The van der Waals surface area contributed by atoms with E-state index in [0.29, 0.717) is 25.1 Å². The Morgan fingerprint density at radius 3 is 2.59 bits per heavy atom. The molecule has 1 heterocycles. The fraction of sp³-hybridized carbons (Fsp3) is 0.364. The Hall–Kier alpha value is -1.43. The molecule has 17 heavy (non-hydrogen) atoms. The largest absolute Gasteiger partial charge is 0.481 e. The van der Waals surface area contributed by atoms with Gasteiger partial charge in [-0.2, -0.15) is 0 Å². The Balaban J connectivity index is 2.25. The normalized spacial score (nSPS) is 9.94. The molecule has 6 heteroatoms. The van der Waals surface area contributed by atoms with Crippen LogP contribution in [0, 0.1) is 0 Å². The first-order valence-corrected chi connectivity index (χ1v) is 6.00. The molecule has 0 aromatic carbocycles. The van der Waals surface area contributed by atoms with Gasteiger partial charge in [0, 0.05) is 23.5 Å². The molecule has 0 saturated carbocycles. The fourth-order valence-electron chi connectivity index (χ4n) is 1.22. The van der Waals surface area contributed by atoms with Crippen LogP contribution in [0.1, 0.15) is 25.7 Å². The average Bonchev–Trinajstić information content (AvgIpc) is 2.27. The van der Waals surface area contributed by atoms with Crippen molar-refractivity contribution in [2.45, 2.75) is 25.7 Å². The van der Waals surface area contributed by atoms with Gasteiger partial charge in [0.2, 0.25) is 5.91 Å². The summed E-state index contributed by atoms with van der Waals surface area (Å²) in [4.78, 5) is 25.7. The molecule has 0 fully saturated rings. The van der Waals surface area contributed by atoms with Gasteiger partial charge in [-0.25, -0.2) is 4.98 Å². The van der Waals surface area contributed by atoms with Crippen molar-refractivity contribution in [3.8, 4) is 0 Å². The summed E-state index contributed by atoms with van der Waals surface area (Å²) in [6.45, 7) is 0.